The molecule has 1 heteroatoms. The van der Waals surface area contributed by atoms with E-state index in [1.807, 2.05) is 6.08 Å². The fourth-order valence-electron chi connectivity index (χ4n) is 1.86. The molecule has 1 heterocycles. The standard InChI is InChI=1S/C12H14O/c1-3-12-11-7-5-4-6-10(11)8-9(2)13-12/h3-7,9,12H,1,8H2,2H3/t9-,12+/m1/s1. The van der Waals surface area contributed by atoms with Crippen LogP contribution in [-0.4, -0.2) is 6.10 Å². The summed E-state index contributed by atoms with van der Waals surface area (Å²) in [6.45, 7) is 5.90. The van der Waals surface area contributed by atoms with Gasteiger partial charge < -0.3 is 4.74 Å². The quantitative estimate of drug-likeness (QED) is 0.595. The van der Waals surface area contributed by atoms with E-state index in [0.29, 0.717) is 6.10 Å². The lowest BCUT2D eigenvalue weighted by atomic mass is 9.95. The molecule has 1 aliphatic rings. The Balaban J connectivity index is 2.42. The molecule has 0 saturated heterocycles. The highest BCUT2D eigenvalue weighted by Crippen LogP contribution is 2.30. The lowest BCUT2D eigenvalue weighted by molar-refractivity contribution is 0.0116. The molecule has 0 aliphatic carbocycles. The van der Waals surface area contributed by atoms with Crippen LogP contribution in [0.5, 0.6) is 0 Å². The Labute approximate surface area is 79.0 Å². The predicted molar refractivity (Wildman–Crippen MR) is 53.6 cm³/mol. The van der Waals surface area contributed by atoms with E-state index in [1.165, 1.54) is 11.1 Å². The summed E-state index contributed by atoms with van der Waals surface area (Å²) in [5, 5.41) is 0. The Kier molecular flexibility index (Phi) is 2.19. The van der Waals surface area contributed by atoms with E-state index in [0.717, 1.165) is 6.42 Å². The van der Waals surface area contributed by atoms with E-state index in [-0.39, 0.29) is 6.10 Å². The third kappa shape index (κ3) is 1.52. The molecule has 0 amide bonds. The van der Waals surface area contributed by atoms with Crippen molar-refractivity contribution in [3.8, 4) is 0 Å². The van der Waals surface area contributed by atoms with Gasteiger partial charge in [-0.2, -0.15) is 0 Å². The van der Waals surface area contributed by atoms with Crippen molar-refractivity contribution in [1.82, 2.24) is 0 Å². The van der Waals surface area contributed by atoms with Gasteiger partial charge in [0.05, 0.1) is 6.10 Å². The molecule has 0 aromatic heterocycles. The number of hydrogen-bond acceptors (Lipinski definition) is 1. The number of fused-ring (bicyclic) bond motifs is 1. The fourth-order valence-corrected chi connectivity index (χ4v) is 1.86. The Morgan fingerprint density at radius 3 is 3.00 bits per heavy atom. The first kappa shape index (κ1) is 8.52. The fraction of sp³-hybridized carbons (Fsp3) is 0.333. The van der Waals surface area contributed by atoms with Crippen molar-refractivity contribution < 1.29 is 4.74 Å². The molecule has 0 saturated carbocycles. The summed E-state index contributed by atoms with van der Waals surface area (Å²) in [7, 11) is 0. The van der Waals surface area contributed by atoms with Crippen LogP contribution in [0.25, 0.3) is 0 Å². The minimum atomic E-state index is 0.0833. The van der Waals surface area contributed by atoms with Crippen molar-refractivity contribution in [2.45, 2.75) is 25.6 Å². The van der Waals surface area contributed by atoms with E-state index in [2.05, 4.69) is 37.8 Å². The average molecular weight is 174 g/mol. The van der Waals surface area contributed by atoms with E-state index < -0.39 is 0 Å². The van der Waals surface area contributed by atoms with Crippen LogP contribution in [0.1, 0.15) is 24.2 Å². The Bertz CT molecular complexity index is 317. The zero-order chi connectivity index (χ0) is 9.26. The van der Waals surface area contributed by atoms with Crippen molar-refractivity contribution in [1.29, 1.82) is 0 Å². The molecule has 1 aliphatic heterocycles. The summed E-state index contributed by atoms with van der Waals surface area (Å²) in [4.78, 5) is 0. The molecule has 1 nitrogen and oxygen atoms in total. The van der Waals surface area contributed by atoms with Crippen LogP contribution in [0.4, 0.5) is 0 Å². The molecule has 2 rings (SSSR count). The molecule has 1 aromatic rings. The molecule has 0 fully saturated rings. The van der Waals surface area contributed by atoms with Crippen LogP contribution < -0.4 is 0 Å². The van der Waals surface area contributed by atoms with Gasteiger partial charge in [0.25, 0.3) is 0 Å². The van der Waals surface area contributed by atoms with Crippen LogP contribution in [0, 0.1) is 0 Å². The second kappa shape index (κ2) is 3.35. The van der Waals surface area contributed by atoms with Crippen LogP contribution in [0.3, 0.4) is 0 Å². The molecule has 0 N–H and O–H groups in total. The molecule has 68 valence electrons. The number of benzene rings is 1. The van der Waals surface area contributed by atoms with Gasteiger partial charge in [0.15, 0.2) is 0 Å². The molecule has 13 heavy (non-hydrogen) atoms. The number of ether oxygens (including phenoxy) is 1. The minimum absolute atomic E-state index is 0.0833. The largest absolute Gasteiger partial charge is 0.366 e. The van der Waals surface area contributed by atoms with Crippen LogP contribution in [0.2, 0.25) is 0 Å². The summed E-state index contributed by atoms with van der Waals surface area (Å²) >= 11 is 0. The zero-order valence-electron chi connectivity index (χ0n) is 7.86. The first-order chi connectivity index (χ1) is 6.31. The summed E-state index contributed by atoms with van der Waals surface area (Å²) in [5.41, 5.74) is 2.67. The molecule has 0 radical (unpaired) electrons. The van der Waals surface area contributed by atoms with Crippen molar-refractivity contribution in [2.24, 2.45) is 0 Å². The lowest BCUT2D eigenvalue weighted by Crippen LogP contribution is -2.22. The highest BCUT2D eigenvalue weighted by atomic mass is 16.5. The third-order valence-corrected chi connectivity index (χ3v) is 2.46. The third-order valence-electron chi connectivity index (χ3n) is 2.46. The van der Waals surface area contributed by atoms with E-state index in [1.54, 1.807) is 0 Å². The number of hydrogen-bond donors (Lipinski definition) is 0. The normalized spacial score (nSPS) is 26.5. The molecule has 0 unspecified atom stereocenters. The van der Waals surface area contributed by atoms with E-state index in [4.69, 9.17) is 4.74 Å². The van der Waals surface area contributed by atoms with Crippen LogP contribution >= 0.6 is 0 Å². The van der Waals surface area contributed by atoms with Gasteiger partial charge in [-0.25, -0.2) is 0 Å². The van der Waals surface area contributed by atoms with Gasteiger partial charge in [-0.15, -0.1) is 6.58 Å². The van der Waals surface area contributed by atoms with Gasteiger partial charge in [0.2, 0.25) is 0 Å². The maximum Gasteiger partial charge on any atom is 0.101 e. The van der Waals surface area contributed by atoms with Crippen molar-refractivity contribution in [3.05, 3.63) is 48.0 Å². The summed E-state index contributed by atoms with van der Waals surface area (Å²) < 4.78 is 5.74. The van der Waals surface area contributed by atoms with Gasteiger partial charge in [-0.05, 0) is 24.5 Å². The Morgan fingerprint density at radius 2 is 2.23 bits per heavy atom. The molecular weight excluding hydrogens is 160 g/mol. The first-order valence-electron chi connectivity index (χ1n) is 4.67. The molecule has 1 aromatic carbocycles. The smallest absolute Gasteiger partial charge is 0.101 e. The van der Waals surface area contributed by atoms with Crippen molar-refractivity contribution in [3.63, 3.8) is 0 Å². The van der Waals surface area contributed by atoms with Crippen molar-refractivity contribution in [2.75, 3.05) is 0 Å². The average Bonchev–Trinajstić information content (AvgIpc) is 2.16. The van der Waals surface area contributed by atoms with Gasteiger partial charge in [0, 0.05) is 0 Å². The Morgan fingerprint density at radius 1 is 1.46 bits per heavy atom. The summed E-state index contributed by atoms with van der Waals surface area (Å²) in [6, 6.07) is 8.42. The van der Waals surface area contributed by atoms with Gasteiger partial charge in [0.1, 0.15) is 6.10 Å². The molecular formula is C12H14O. The molecule has 2 atom stereocenters. The lowest BCUT2D eigenvalue weighted by Gasteiger charge is -2.28. The molecule has 0 bridgehead atoms. The van der Waals surface area contributed by atoms with E-state index in [9.17, 15) is 0 Å². The van der Waals surface area contributed by atoms with Crippen LogP contribution in [0.15, 0.2) is 36.9 Å². The van der Waals surface area contributed by atoms with Crippen LogP contribution in [-0.2, 0) is 11.2 Å². The van der Waals surface area contributed by atoms with Gasteiger partial charge in [-0.1, -0.05) is 30.3 Å². The number of rotatable bonds is 1. The van der Waals surface area contributed by atoms with Gasteiger partial charge in [-0.3, -0.25) is 0 Å². The zero-order valence-corrected chi connectivity index (χ0v) is 7.86. The second-order valence-corrected chi connectivity index (χ2v) is 3.51. The minimum Gasteiger partial charge on any atom is -0.366 e. The molecule has 0 spiro atoms. The summed E-state index contributed by atoms with van der Waals surface area (Å²) in [6.07, 6.45) is 3.27. The highest BCUT2D eigenvalue weighted by molar-refractivity contribution is 5.33. The summed E-state index contributed by atoms with van der Waals surface area (Å²) in [5.74, 6) is 0. The monoisotopic (exact) mass is 174 g/mol. The topological polar surface area (TPSA) is 9.23 Å². The SMILES string of the molecule is C=C[C@@H]1O[C@H](C)Cc2ccccc21. The van der Waals surface area contributed by atoms with Crippen molar-refractivity contribution >= 4 is 0 Å². The Hall–Kier alpha value is -1.08. The second-order valence-electron chi connectivity index (χ2n) is 3.51. The van der Waals surface area contributed by atoms with Gasteiger partial charge >= 0.3 is 0 Å². The predicted octanol–water partition coefficient (Wildman–Crippen LogP) is 2.87. The van der Waals surface area contributed by atoms with E-state index >= 15 is 0 Å². The highest BCUT2D eigenvalue weighted by Gasteiger charge is 2.21. The maximum absolute atomic E-state index is 5.74. The maximum atomic E-state index is 5.74. The first-order valence-corrected chi connectivity index (χ1v) is 4.67.